The number of thioether (sulfide) groups is 1. The van der Waals surface area contributed by atoms with E-state index in [4.69, 9.17) is 0 Å². The summed E-state index contributed by atoms with van der Waals surface area (Å²) >= 11 is 1.79. The number of aromatic nitrogens is 2. The predicted octanol–water partition coefficient (Wildman–Crippen LogP) is 6.05. The van der Waals surface area contributed by atoms with Crippen LogP contribution in [0.4, 0.5) is 5.69 Å². The lowest BCUT2D eigenvalue weighted by Gasteiger charge is -2.06. The van der Waals surface area contributed by atoms with E-state index in [1.54, 1.807) is 11.8 Å². The van der Waals surface area contributed by atoms with E-state index < -0.39 is 0 Å². The Hall–Kier alpha value is -3.05. The number of anilines is 1. The van der Waals surface area contributed by atoms with Crippen LogP contribution in [0.3, 0.4) is 0 Å². The van der Waals surface area contributed by atoms with Crippen molar-refractivity contribution in [3.63, 3.8) is 0 Å². The summed E-state index contributed by atoms with van der Waals surface area (Å²) in [6, 6.07) is 24.2. The molecule has 0 aliphatic carbocycles. The van der Waals surface area contributed by atoms with Gasteiger partial charge in [-0.3, -0.25) is 4.79 Å². The first-order chi connectivity index (χ1) is 14.2. The minimum absolute atomic E-state index is 0.0472. The van der Waals surface area contributed by atoms with E-state index in [9.17, 15) is 4.79 Å². The van der Waals surface area contributed by atoms with Crippen molar-refractivity contribution in [3.8, 4) is 11.4 Å². The number of nitrogens with one attached hydrogen (secondary N) is 2. The molecule has 0 saturated heterocycles. The molecule has 4 aromatic rings. The van der Waals surface area contributed by atoms with Crippen molar-refractivity contribution >= 4 is 34.4 Å². The van der Waals surface area contributed by atoms with Gasteiger partial charge in [0, 0.05) is 22.6 Å². The van der Waals surface area contributed by atoms with E-state index in [1.165, 1.54) is 10.5 Å². The Kier molecular flexibility index (Phi) is 5.96. The van der Waals surface area contributed by atoms with E-state index in [0.29, 0.717) is 6.42 Å². The molecule has 29 heavy (non-hydrogen) atoms. The quantitative estimate of drug-likeness (QED) is 0.293. The third-order valence-electron chi connectivity index (χ3n) is 4.67. The average molecular weight is 402 g/mol. The Labute approximate surface area is 174 Å². The predicted molar refractivity (Wildman–Crippen MR) is 121 cm³/mol. The normalized spacial score (nSPS) is 10.9. The first kappa shape index (κ1) is 19.3. The van der Waals surface area contributed by atoms with Crippen LogP contribution in [-0.4, -0.2) is 21.6 Å². The fraction of sp³-hybridized carbons (Fsp3) is 0.167. The average Bonchev–Trinajstić information content (AvgIpc) is 3.17. The molecule has 4 rings (SSSR count). The maximum absolute atomic E-state index is 12.2. The first-order valence-electron chi connectivity index (χ1n) is 9.72. The summed E-state index contributed by atoms with van der Waals surface area (Å²) in [6.45, 7) is 2.09. The van der Waals surface area contributed by atoms with Crippen molar-refractivity contribution in [1.29, 1.82) is 0 Å². The van der Waals surface area contributed by atoms with Gasteiger partial charge in [0.2, 0.25) is 5.91 Å². The molecule has 0 aliphatic rings. The highest BCUT2D eigenvalue weighted by molar-refractivity contribution is 7.99. The molecule has 0 bridgehead atoms. The van der Waals surface area contributed by atoms with E-state index >= 15 is 0 Å². The molecular weight excluding hydrogens is 378 g/mol. The van der Waals surface area contributed by atoms with Crippen LogP contribution >= 0.6 is 11.8 Å². The van der Waals surface area contributed by atoms with Crippen molar-refractivity contribution < 1.29 is 4.79 Å². The summed E-state index contributed by atoms with van der Waals surface area (Å²) in [6.07, 6.45) is 1.37. The molecule has 1 aromatic heterocycles. The molecule has 4 nitrogen and oxygen atoms in total. The molecule has 5 heteroatoms. The molecule has 0 fully saturated rings. The molecule has 3 aromatic carbocycles. The van der Waals surface area contributed by atoms with Crippen LogP contribution in [0.5, 0.6) is 0 Å². The second-order valence-electron chi connectivity index (χ2n) is 6.99. The minimum atomic E-state index is 0.0472. The van der Waals surface area contributed by atoms with Gasteiger partial charge >= 0.3 is 0 Å². The second-order valence-corrected chi connectivity index (χ2v) is 8.16. The number of hydrogen-bond donors (Lipinski definition) is 2. The van der Waals surface area contributed by atoms with Gasteiger partial charge in [0.15, 0.2) is 0 Å². The zero-order valence-corrected chi connectivity index (χ0v) is 17.1. The number of para-hydroxylation sites is 2. The topological polar surface area (TPSA) is 57.8 Å². The first-order valence-corrected chi connectivity index (χ1v) is 10.7. The number of H-pyrrole nitrogens is 1. The largest absolute Gasteiger partial charge is 0.338 e. The van der Waals surface area contributed by atoms with Gasteiger partial charge in [0.1, 0.15) is 5.82 Å². The summed E-state index contributed by atoms with van der Waals surface area (Å²) in [4.78, 5) is 21.4. The van der Waals surface area contributed by atoms with Gasteiger partial charge in [-0.2, -0.15) is 0 Å². The van der Waals surface area contributed by atoms with E-state index in [1.807, 2.05) is 48.5 Å². The Morgan fingerprint density at radius 2 is 1.76 bits per heavy atom. The van der Waals surface area contributed by atoms with Crippen molar-refractivity contribution in [2.75, 3.05) is 11.1 Å². The van der Waals surface area contributed by atoms with Gasteiger partial charge < -0.3 is 10.3 Å². The monoisotopic (exact) mass is 401 g/mol. The number of hydrogen-bond acceptors (Lipinski definition) is 3. The van der Waals surface area contributed by atoms with Crippen LogP contribution < -0.4 is 5.32 Å². The Bertz CT molecular complexity index is 1070. The number of carbonyl (C=O) groups excluding carboxylic acids is 1. The highest BCUT2D eigenvalue weighted by atomic mass is 32.2. The van der Waals surface area contributed by atoms with Gasteiger partial charge in [0.05, 0.1) is 11.0 Å². The van der Waals surface area contributed by atoms with Crippen molar-refractivity contribution in [1.82, 2.24) is 9.97 Å². The molecule has 1 amide bonds. The molecular formula is C24H23N3OS. The third kappa shape index (κ3) is 5.06. The molecule has 0 aliphatic heterocycles. The number of fused-ring (bicyclic) bond motifs is 1. The number of imidazole rings is 1. The summed E-state index contributed by atoms with van der Waals surface area (Å²) in [7, 11) is 0. The van der Waals surface area contributed by atoms with Gasteiger partial charge in [-0.25, -0.2) is 4.98 Å². The lowest BCUT2D eigenvalue weighted by molar-refractivity contribution is -0.116. The smallest absolute Gasteiger partial charge is 0.224 e. The zero-order chi connectivity index (χ0) is 20.1. The molecule has 0 atom stereocenters. The summed E-state index contributed by atoms with van der Waals surface area (Å²) in [5, 5.41) is 2.97. The lowest BCUT2D eigenvalue weighted by atomic mass is 10.2. The highest BCUT2D eigenvalue weighted by Gasteiger charge is 2.06. The van der Waals surface area contributed by atoms with Crippen LogP contribution in [0.25, 0.3) is 22.4 Å². The summed E-state index contributed by atoms with van der Waals surface area (Å²) in [5.41, 5.74) is 5.03. The lowest BCUT2D eigenvalue weighted by Crippen LogP contribution is -2.11. The minimum Gasteiger partial charge on any atom is -0.338 e. The molecule has 2 N–H and O–H groups in total. The Balaban J connectivity index is 1.27. The number of rotatable bonds is 7. The van der Waals surface area contributed by atoms with Gasteiger partial charge in [-0.15, -0.1) is 11.8 Å². The van der Waals surface area contributed by atoms with Gasteiger partial charge in [0.25, 0.3) is 0 Å². The van der Waals surface area contributed by atoms with E-state index in [2.05, 4.69) is 46.5 Å². The number of aryl methyl sites for hydroxylation is 1. The molecule has 0 radical (unpaired) electrons. The number of benzene rings is 3. The molecule has 1 heterocycles. The fourth-order valence-electron chi connectivity index (χ4n) is 3.08. The number of amides is 1. The molecule has 0 saturated carbocycles. The maximum atomic E-state index is 12.2. The maximum Gasteiger partial charge on any atom is 0.224 e. The Morgan fingerprint density at radius 3 is 2.52 bits per heavy atom. The zero-order valence-electron chi connectivity index (χ0n) is 16.3. The van der Waals surface area contributed by atoms with Gasteiger partial charge in [-0.05, 0) is 67.6 Å². The van der Waals surface area contributed by atoms with Crippen LogP contribution in [-0.2, 0) is 4.79 Å². The van der Waals surface area contributed by atoms with E-state index in [-0.39, 0.29) is 5.91 Å². The molecule has 0 unspecified atom stereocenters. The third-order valence-corrected chi connectivity index (χ3v) is 5.77. The fourth-order valence-corrected chi connectivity index (χ4v) is 3.93. The highest BCUT2D eigenvalue weighted by Crippen LogP contribution is 2.23. The summed E-state index contributed by atoms with van der Waals surface area (Å²) < 4.78 is 0. The Morgan fingerprint density at radius 1 is 1.00 bits per heavy atom. The second kappa shape index (κ2) is 8.97. The molecule has 146 valence electrons. The van der Waals surface area contributed by atoms with Gasteiger partial charge in [-0.1, -0.05) is 29.8 Å². The van der Waals surface area contributed by atoms with Crippen molar-refractivity contribution in [2.45, 2.75) is 24.7 Å². The SMILES string of the molecule is Cc1ccc(SCCCC(=O)Nc2ccc(-c3nc4ccccc4[nH]3)cc2)cc1. The summed E-state index contributed by atoms with van der Waals surface area (Å²) in [5.74, 6) is 1.81. The van der Waals surface area contributed by atoms with Crippen LogP contribution in [0.2, 0.25) is 0 Å². The standard InChI is InChI=1S/C24H23N3OS/c1-17-8-14-20(15-9-17)29-16-4-7-23(28)25-19-12-10-18(11-13-19)24-26-21-5-2-3-6-22(21)27-24/h2-3,5-6,8-15H,4,7,16H2,1H3,(H,25,28)(H,26,27). The van der Waals surface area contributed by atoms with Crippen LogP contribution in [0.15, 0.2) is 77.7 Å². The van der Waals surface area contributed by atoms with Crippen molar-refractivity contribution in [3.05, 3.63) is 78.4 Å². The van der Waals surface area contributed by atoms with E-state index in [0.717, 1.165) is 40.3 Å². The van der Waals surface area contributed by atoms with Crippen LogP contribution in [0.1, 0.15) is 18.4 Å². The number of aromatic amines is 1. The van der Waals surface area contributed by atoms with Crippen LogP contribution in [0, 0.1) is 6.92 Å². The molecule has 0 spiro atoms. The number of nitrogens with zero attached hydrogens (tertiary/aromatic N) is 1. The van der Waals surface area contributed by atoms with Crippen molar-refractivity contribution in [2.24, 2.45) is 0 Å². The number of carbonyl (C=O) groups is 1.